The van der Waals surface area contributed by atoms with Gasteiger partial charge in [-0.05, 0) is 12.5 Å². The SMILES string of the molecule is C=Cc1cc(C(C)(C)CCCCCCC)on1. The standard InChI is InChI=1S/C15H25NO/c1-5-7-8-9-10-11-15(3,4)14-12-13(6-2)16-17-14/h6,12H,2,5,7-11H2,1,3-4H3. The topological polar surface area (TPSA) is 26.0 Å². The third-order valence-electron chi connectivity index (χ3n) is 3.31. The predicted octanol–water partition coefficient (Wildman–Crippen LogP) is 4.96. The molecule has 0 aliphatic heterocycles. The smallest absolute Gasteiger partial charge is 0.142 e. The van der Waals surface area contributed by atoms with E-state index >= 15 is 0 Å². The molecule has 0 saturated carbocycles. The Hall–Kier alpha value is -1.05. The van der Waals surface area contributed by atoms with E-state index in [0.717, 1.165) is 17.9 Å². The average molecular weight is 235 g/mol. The van der Waals surface area contributed by atoms with Gasteiger partial charge in [-0.25, -0.2) is 0 Å². The summed E-state index contributed by atoms with van der Waals surface area (Å²) in [5.41, 5.74) is 0.916. The Bertz CT molecular complexity index is 338. The molecule has 0 aromatic carbocycles. The van der Waals surface area contributed by atoms with Crippen LogP contribution in [0.4, 0.5) is 0 Å². The molecule has 0 unspecified atom stereocenters. The molecule has 17 heavy (non-hydrogen) atoms. The van der Waals surface area contributed by atoms with Crippen LogP contribution in [0, 0.1) is 0 Å². The Morgan fingerprint density at radius 3 is 2.59 bits per heavy atom. The Morgan fingerprint density at radius 2 is 2.00 bits per heavy atom. The zero-order chi connectivity index (χ0) is 12.7. The van der Waals surface area contributed by atoms with Gasteiger partial charge < -0.3 is 4.52 Å². The number of hydrogen-bond donors (Lipinski definition) is 0. The van der Waals surface area contributed by atoms with E-state index in [0.29, 0.717) is 0 Å². The van der Waals surface area contributed by atoms with Crippen LogP contribution < -0.4 is 0 Å². The molecule has 0 saturated heterocycles. The van der Waals surface area contributed by atoms with Crippen molar-refractivity contribution in [2.45, 2.75) is 64.7 Å². The molecule has 0 amide bonds. The van der Waals surface area contributed by atoms with Crippen molar-refractivity contribution in [3.63, 3.8) is 0 Å². The molecule has 1 aromatic rings. The van der Waals surface area contributed by atoms with E-state index in [4.69, 9.17) is 4.52 Å². The van der Waals surface area contributed by atoms with Crippen molar-refractivity contribution >= 4 is 6.08 Å². The number of nitrogens with zero attached hydrogens (tertiary/aromatic N) is 1. The van der Waals surface area contributed by atoms with Gasteiger partial charge in [0.25, 0.3) is 0 Å². The van der Waals surface area contributed by atoms with Gasteiger partial charge >= 0.3 is 0 Å². The van der Waals surface area contributed by atoms with Crippen molar-refractivity contribution in [1.29, 1.82) is 0 Å². The van der Waals surface area contributed by atoms with Gasteiger partial charge in [-0.15, -0.1) is 0 Å². The number of unbranched alkanes of at least 4 members (excludes halogenated alkanes) is 4. The van der Waals surface area contributed by atoms with Crippen molar-refractivity contribution in [1.82, 2.24) is 5.16 Å². The number of hydrogen-bond acceptors (Lipinski definition) is 2. The minimum absolute atomic E-state index is 0.0838. The fraction of sp³-hybridized carbons (Fsp3) is 0.667. The second-order valence-electron chi connectivity index (χ2n) is 5.37. The van der Waals surface area contributed by atoms with E-state index in [1.807, 2.05) is 6.07 Å². The summed E-state index contributed by atoms with van der Waals surface area (Å²) in [5.74, 6) is 0.975. The molecule has 2 nitrogen and oxygen atoms in total. The van der Waals surface area contributed by atoms with Gasteiger partial charge in [0.2, 0.25) is 0 Å². The lowest BCUT2D eigenvalue weighted by Crippen LogP contribution is -2.15. The molecular weight excluding hydrogens is 210 g/mol. The lowest BCUT2D eigenvalue weighted by Gasteiger charge is -2.20. The normalized spacial score (nSPS) is 11.7. The van der Waals surface area contributed by atoms with E-state index in [-0.39, 0.29) is 5.41 Å². The van der Waals surface area contributed by atoms with Crippen molar-refractivity contribution in [2.75, 3.05) is 0 Å². The van der Waals surface area contributed by atoms with E-state index in [2.05, 4.69) is 32.5 Å². The molecule has 0 spiro atoms. The summed E-state index contributed by atoms with van der Waals surface area (Å²) in [4.78, 5) is 0. The van der Waals surface area contributed by atoms with Gasteiger partial charge in [0, 0.05) is 11.5 Å². The van der Waals surface area contributed by atoms with Crippen molar-refractivity contribution < 1.29 is 4.52 Å². The summed E-state index contributed by atoms with van der Waals surface area (Å²) in [6.07, 6.45) is 9.46. The van der Waals surface area contributed by atoms with Crippen LogP contribution in [0.15, 0.2) is 17.2 Å². The highest BCUT2D eigenvalue weighted by Gasteiger charge is 2.24. The maximum atomic E-state index is 5.38. The fourth-order valence-electron chi connectivity index (χ4n) is 2.00. The molecule has 1 heterocycles. The molecule has 0 radical (unpaired) electrons. The van der Waals surface area contributed by atoms with E-state index in [1.165, 1.54) is 32.1 Å². The van der Waals surface area contributed by atoms with E-state index in [9.17, 15) is 0 Å². The Morgan fingerprint density at radius 1 is 1.29 bits per heavy atom. The third-order valence-corrected chi connectivity index (χ3v) is 3.31. The van der Waals surface area contributed by atoms with E-state index < -0.39 is 0 Å². The van der Waals surface area contributed by atoms with Crippen LogP contribution in [0.5, 0.6) is 0 Å². The monoisotopic (exact) mass is 235 g/mol. The third kappa shape index (κ3) is 4.37. The zero-order valence-corrected chi connectivity index (χ0v) is 11.5. The van der Waals surface area contributed by atoms with Crippen molar-refractivity contribution in [2.24, 2.45) is 0 Å². The lowest BCUT2D eigenvalue weighted by molar-refractivity contribution is 0.298. The van der Waals surface area contributed by atoms with Crippen LogP contribution in [-0.2, 0) is 5.41 Å². The largest absolute Gasteiger partial charge is 0.360 e. The summed E-state index contributed by atoms with van der Waals surface area (Å²) >= 11 is 0. The van der Waals surface area contributed by atoms with Crippen LogP contribution in [-0.4, -0.2) is 5.16 Å². The van der Waals surface area contributed by atoms with Gasteiger partial charge in [0.05, 0.1) is 0 Å². The number of rotatable bonds is 8. The molecule has 0 aliphatic rings. The Labute approximate surface area is 105 Å². The molecule has 0 atom stereocenters. The highest BCUT2D eigenvalue weighted by Crippen LogP contribution is 2.30. The van der Waals surface area contributed by atoms with Crippen LogP contribution in [0.2, 0.25) is 0 Å². The van der Waals surface area contributed by atoms with E-state index in [1.54, 1.807) is 6.08 Å². The Balaban J connectivity index is 2.41. The summed E-state index contributed by atoms with van der Waals surface area (Å²) in [5, 5.41) is 3.97. The fourth-order valence-corrected chi connectivity index (χ4v) is 2.00. The van der Waals surface area contributed by atoms with Crippen molar-refractivity contribution in [3.05, 3.63) is 24.1 Å². The van der Waals surface area contributed by atoms with Crippen LogP contribution in [0.3, 0.4) is 0 Å². The highest BCUT2D eigenvalue weighted by atomic mass is 16.5. The first-order valence-electron chi connectivity index (χ1n) is 6.70. The quantitative estimate of drug-likeness (QED) is 0.595. The first kappa shape index (κ1) is 14.0. The lowest BCUT2D eigenvalue weighted by atomic mass is 9.84. The average Bonchev–Trinajstić information content (AvgIpc) is 2.78. The minimum atomic E-state index is 0.0838. The van der Waals surface area contributed by atoms with Gasteiger partial charge in [0.15, 0.2) is 0 Å². The molecule has 1 aromatic heterocycles. The number of aromatic nitrogens is 1. The highest BCUT2D eigenvalue weighted by molar-refractivity contribution is 5.41. The maximum absolute atomic E-state index is 5.38. The molecule has 2 heteroatoms. The zero-order valence-electron chi connectivity index (χ0n) is 11.5. The molecule has 96 valence electrons. The minimum Gasteiger partial charge on any atom is -0.360 e. The summed E-state index contributed by atoms with van der Waals surface area (Å²) in [7, 11) is 0. The van der Waals surface area contributed by atoms with Gasteiger partial charge in [-0.3, -0.25) is 0 Å². The van der Waals surface area contributed by atoms with Gasteiger partial charge in [-0.2, -0.15) is 0 Å². The second-order valence-corrected chi connectivity index (χ2v) is 5.37. The molecular formula is C15H25NO. The summed E-state index contributed by atoms with van der Waals surface area (Å²) in [6.45, 7) is 10.4. The Kier molecular flexibility index (Phi) is 5.46. The molecule has 0 fully saturated rings. The van der Waals surface area contributed by atoms with Crippen molar-refractivity contribution in [3.8, 4) is 0 Å². The summed E-state index contributed by atoms with van der Waals surface area (Å²) in [6, 6.07) is 2.00. The van der Waals surface area contributed by atoms with Crippen LogP contribution in [0.1, 0.15) is 70.8 Å². The van der Waals surface area contributed by atoms with Crippen LogP contribution >= 0.6 is 0 Å². The predicted molar refractivity (Wildman–Crippen MR) is 73.0 cm³/mol. The van der Waals surface area contributed by atoms with Gasteiger partial charge in [-0.1, -0.05) is 64.6 Å². The van der Waals surface area contributed by atoms with Crippen LogP contribution in [0.25, 0.3) is 6.08 Å². The van der Waals surface area contributed by atoms with Gasteiger partial charge in [0.1, 0.15) is 11.5 Å². The molecule has 0 bridgehead atoms. The summed E-state index contributed by atoms with van der Waals surface area (Å²) < 4.78 is 5.38. The maximum Gasteiger partial charge on any atom is 0.142 e. The molecule has 0 N–H and O–H groups in total. The first-order chi connectivity index (χ1) is 8.10. The second kappa shape index (κ2) is 6.63. The molecule has 1 rings (SSSR count). The molecule has 0 aliphatic carbocycles. The first-order valence-corrected chi connectivity index (χ1v) is 6.70.